The van der Waals surface area contributed by atoms with Crippen molar-refractivity contribution in [3.63, 3.8) is 0 Å². The highest BCUT2D eigenvalue weighted by atomic mass is 32.2. The normalized spacial score (nSPS) is 20.9. The predicted molar refractivity (Wildman–Crippen MR) is 75.0 cm³/mol. The summed E-state index contributed by atoms with van der Waals surface area (Å²) in [5.41, 5.74) is 0. The van der Waals surface area contributed by atoms with Crippen LogP contribution in [0.3, 0.4) is 0 Å². The summed E-state index contributed by atoms with van der Waals surface area (Å²) >= 11 is 1.88. The van der Waals surface area contributed by atoms with Crippen molar-refractivity contribution < 1.29 is 8.42 Å². The molecule has 1 heterocycles. The standard InChI is InChI=1S/C11H24N2O2S2/c1-2-6-12-7-4-9-17(14,15)13-10-11-5-3-8-16-11/h11-13H,2-10H2,1H3. The molecule has 0 radical (unpaired) electrons. The third-order valence-corrected chi connectivity index (χ3v) is 5.58. The van der Waals surface area contributed by atoms with Gasteiger partial charge < -0.3 is 5.32 Å². The molecule has 2 N–H and O–H groups in total. The van der Waals surface area contributed by atoms with Gasteiger partial charge in [-0.3, -0.25) is 0 Å². The van der Waals surface area contributed by atoms with Crippen molar-refractivity contribution in [1.29, 1.82) is 0 Å². The summed E-state index contributed by atoms with van der Waals surface area (Å²) in [7, 11) is -3.06. The Balaban J connectivity index is 2.08. The first-order valence-electron chi connectivity index (χ1n) is 6.43. The third kappa shape index (κ3) is 7.28. The van der Waals surface area contributed by atoms with E-state index < -0.39 is 10.0 Å². The van der Waals surface area contributed by atoms with E-state index >= 15 is 0 Å². The Morgan fingerprint density at radius 1 is 1.35 bits per heavy atom. The molecule has 17 heavy (non-hydrogen) atoms. The minimum atomic E-state index is -3.06. The van der Waals surface area contributed by atoms with Gasteiger partial charge in [0.2, 0.25) is 10.0 Å². The molecule has 1 aliphatic rings. The number of hydrogen-bond donors (Lipinski definition) is 2. The van der Waals surface area contributed by atoms with Gasteiger partial charge in [-0.05, 0) is 44.5 Å². The van der Waals surface area contributed by atoms with Crippen molar-refractivity contribution in [3.8, 4) is 0 Å². The van der Waals surface area contributed by atoms with Crippen LogP contribution in [-0.4, -0.2) is 44.8 Å². The molecule has 102 valence electrons. The average molecular weight is 280 g/mol. The Morgan fingerprint density at radius 2 is 2.18 bits per heavy atom. The summed E-state index contributed by atoms with van der Waals surface area (Å²) in [6, 6.07) is 0. The Labute approximate surface area is 109 Å². The Morgan fingerprint density at radius 3 is 2.82 bits per heavy atom. The van der Waals surface area contributed by atoms with Crippen LogP contribution in [0.2, 0.25) is 0 Å². The third-order valence-electron chi connectivity index (χ3n) is 2.75. The summed E-state index contributed by atoms with van der Waals surface area (Å²) in [5, 5.41) is 3.70. The van der Waals surface area contributed by atoms with Crippen molar-refractivity contribution in [2.45, 2.75) is 37.9 Å². The molecule has 4 nitrogen and oxygen atoms in total. The molecular weight excluding hydrogens is 256 g/mol. The molecule has 0 aliphatic carbocycles. The molecule has 1 rings (SSSR count). The van der Waals surface area contributed by atoms with Crippen LogP contribution in [0.25, 0.3) is 0 Å². The lowest BCUT2D eigenvalue weighted by atomic mass is 10.2. The highest BCUT2D eigenvalue weighted by molar-refractivity contribution is 8.00. The smallest absolute Gasteiger partial charge is 0.211 e. The first kappa shape index (κ1) is 15.3. The van der Waals surface area contributed by atoms with E-state index in [-0.39, 0.29) is 5.75 Å². The van der Waals surface area contributed by atoms with Gasteiger partial charge in [-0.1, -0.05) is 6.92 Å². The van der Waals surface area contributed by atoms with E-state index in [1.165, 1.54) is 12.2 Å². The molecule has 1 fully saturated rings. The average Bonchev–Trinajstić information content (AvgIpc) is 2.79. The Bertz CT molecular complexity index is 288. The van der Waals surface area contributed by atoms with Crippen LogP contribution in [0, 0.1) is 0 Å². The van der Waals surface area contributed by atoms with Crippen molar-refractivity contribution in [1.82, 2.24) is 10.0 Å². The molecule has 1 saturated heterocycles. The first-order valence-corrected chi connectivity index (χ1v) is 9.14. The van der Waals surface area contributed by atoms with Gasteiger partial charge >= 0.3 is 0 Å². The lowest BCUT2D eigenvalue weighted by molar-refractivity contribution is 0.572. The van der Waals surface area contributed by atoms with E-state index in [9.17, 15) is 8.42 Å². The molecule has 0 bridgehead atoms. The minimum Gasteiger partial charge on any atom is -0.317 e. The number of rotatable bonds is 9. The molecule has 0 aromatic heterocycles. The predicted octanol–water partition coefficient (Wildman–Crippen LogP) is 1.19. The number of sulfonamides is 1. The Kier molecular flexibility index (Phi) is 7.50. The van der Waals surface area contributed by atoms with Crippen LogP contribution in [0.1, 0.15) is 32.6 Å². The second-order valence-corrected chi connectivity index (χ2v) is 7.74. The van der Waals surface area contributed by atoms with Crippen molar-refractivity contribution >= 4 is 21.8 Å². The molecule has 0 aromatic rings. The fraction of sp³-hybridized carbons (Fsp3) is 1.00. The zero-order valence-electron chi connectivity index (χ0n) is 10.6. The van der Waals surface area contributed by atoms with E-state index in [1.54, 1.807) is 0 Å². The summed E-state index contributed by atoms with van der Waals surface area (Å²) in [4.78, 5) is 0. The van der Waals surface area contributed by atoms with Gasteiger partial charge in [-0.25, -0.2) is 13.1 Å². The highest BCUT2D eigenvalue weighted by Gasteiger charge is 2.18. The Hall–Kier alpha value is 0.220. The van der Waals surface area contributed by atoms with Crippen LogP contribution in [0.5, 0.6) is 0 Å². The van der Waals surface area contributed by atoms with Crippen molar-refractivity contribution in [2.24, 2.45) is 0 Å². The highest BCUT2D eigenvalue weighted by Crippen LogP contribution is 2.25. The van der Waals surface area contributed by atoms with Gasteiger partial charge in [0.25, 0.3) is 0 Å². The van der Waals surface area contributed by atoms with Gasteiger partial charge in [0, 0.05) is 11.8 Å². The van der Waals surface area contributed by atoms with Gasteiger partial charge in [0.05, 0.1) is 5.75 Å². The summed E-state index contributed by atoms with van der Waals surface area (Å²) in [6.45, 7) is 4.46. The largest absolute Gasteiger partial charge is 0.317 e. The fourth-order valence-corrected chi connectivity index (χ4v) is 4.22. The quantitative estimate of drug-likeness (QED) is 0.623. The maximum Gasteiger partial charge on any atom is 0.211 e. The lowest BCUT2D eigenvalue weighted by Gasteiger charge is -2.10. The molecule has 0 amide bonds. The zero-order chi connectivity index (χ0) is 12.6. The van der Waals surface area contributed by atoms with Gasteiger partial charge in [0.15, 0.2) is 0 Å². The van der Waals surface area contributed by atoms with E-state index in [1.807, 2.05) is 11.8 Å². The zero-order valence-corrected chi connectivity index (χ0v) is 12.2. The van der Waals surface area contributed by atoms with Crippen LogP contribution < -0.4 is 10.0 Å². The van der Waals surface area contributed by atoms with Gasteiger partial charge in [-0.15, -0.1) is 0 Å². The van der Waals surface area contributed by atoms with E-state index in [4.69, 9.17) is 0 Å². The second kappa shape index (κ2) is 8.34. The fourth-order valence-electron chi connectivity index (χ4n) is 1.79. The molecule has 0 saturated carbocycles. The maximum atomic E-state index is 11.7. The summed E-state index contributed by atoms with van der Waals surface area (Å²) < 4.78 is 26.1. The monoisotopic (exact) mass is 280 g/mol. The molecular formula is C11H24N2O2S2. The number of hydrogen-bond acceptors (Lipinski definition) is 4. The second-order valence-electron chi connectivity index (χ2n) is 4.41. The van der Waals surface area contributed by atoms with Gasteiger partial charge in [0.1, 0.15) is 0 Å². The number of nitrogens with one attached hydrogen (secondary N) is 2. The van der Waals surface area contributed by atoms with Crippen LogP contribution in [-0.2, 0) is 10.0 Å². The van der Waals surface area contributed by atoms with Crippen LogP contribution in [0.15, 0.2) is 0 Å². The topological polar surface area (TPSA) is 58.2 Å². The van der Waals surface area contributed by atoms with Crippen LogP contribution in [0.4, 0.5) is 0 Å². The van der Waals surface area contributed by atoms with E-state index in [0.717, 1.165) is 25.9 Å². The molecule has 0 aromatic carbocycles. The van der Waals surface area contributed by atoms with Gasteiger partial charge in [-0.2, -0.15) is 11.8 Å². The summed E-state index contributed by atoms with van der Waals surface area (Å²) in [6.07, 6.45) is 4.14. The maximum absolute atomic E-state index is 11.7. The lowest BCUT2D eigenvalue weighted by Crippen LogP contribution is -2.32. The molecule has 6 heteroatoms. The SMILES string of the molecule is CCCNCCCS(=O)(=O)NCC1CCCS1. The van der Waals surface area contributed by atoms with Crippen molar-refractivity contribution in [3.05, 3.63) is 0 Å². The molecule has 0 spiro atoms. The van der Waals surface area contributed by atoms with E-state index in [0.29, 0.717) is 18.2 Å². The molecule has 1 unspecified atom stereocenters. The van der Waals surface area contributed by atoms with Crippen molar-refractivity contribution in [2.75, 3.05) is 31.1 Å². The van der Waals surface area contributed by atoms with Crippen LogP contribution >= 0.6 is 11.8 Å². The molecule has 1 aliphatic heterocycles. The number of thioether (sulfide) groups is 1. The van der Waals surface area contributed by atoms with E-state index in [2.05, 4.69) is 17.0 Å². The first-order chi connectivity index (χ1) is 8.14. The molecule has 1 atom stereocenters. The minimum absolute atomic E-state index is 0.237. The summed E-state index contributed by atoms with van der Waals surface area (Å²) in [5.74, 6) is 1.41.